The molecule has 0 radical (unpaired) electrons. The molecule has 0 spiro atoms. The van der Waals surface area contributed by atoms with E-state index in [1.165, 1.54) is 6.07 Å². The highest BCUT2D eigenvalue weighted by atomic mass is 32.1. The average molecular weight is 480 g/mol. The van der Waals surface area contributed by atoms with Crippen molar-refractivity contribution in [3.63, 3.8) is 0 Å². The molecule has 1 aromatic heterocycles. The zero-order valence-corrected chi connectivity index (χ0v) is 20.1. The van der Waals surface area contributed by atoms with Crippen LogP contribution >= 0.6 is 11.3 Å². The monoisotopic (exact) mass is 479 g/mol. The summed E-state index contributed by atoms with van der Waals surface area (Å²) in [5, 5.41) is 0.392. The van der Waals surface area contributed by atoms with Crippen molar-refractivity contribution >= 4 is 32.6 Å². The molecule has 0 atom stereocenters. The second-order valence-corrected chi connectivity index (χ2v) is 9.52. The van der Waals surface area contributed by atoms with Crippen molar-refractivity contribution in [2.45, 2.75) is 18.8 Å². The summed E-state index contributed by atoms with van der Waals surface area (Å²) >= 11 is 1.14. The maximum Gasteiger partial charge on any atom is 0.229 e. The van der Waals surface area contributed by atoms with Crippen LogP contribution in [0.25, 0.3) is 10.2 Å². The third-order valence-electron chi connectivity index (χ3n) is 5.70. The number of benzene rings is 3. The van der Waals surface area contributed by atoms with Crippen LogP contribution in [0.15, 0.2) is 72.8 Å². The SMILES string of the molecule is CN(C)CCCN(C(=O)CC(c1ccccc1)c1ccccc1)c1nc2c(F)cc(F)cc2s1. The number of aromatic nitrogens is 1. The Morgan fingerprint density at radius 1 is 0.941 bits per heavy atom. The lowest BCUT2D eigenvalue weighted by atomic mass is 9.88. The molecule has 1 amide bonds. The first-order valence-corrected chi connectivity index (χ1v) is 12.0. The first-order chi connectivity index (χ1) is 16.4. The second kappa shape index (κ2) is 10.8. The Balaban J connectivity index is 1.67. The van der Waals surface area contributed by atoms with Crippen LogP contribution in [-0.4, -0.2) is 43.0 Å². The zero-order valence-electron chi connectivity index (χ0n) is 19.2. The van der Waals surface area contributed by atoms with E-state index >= 15 is 0 Å². The highest BCUT2D eigenvalue weighted by Gasteiger charge is 2.25. The molecule has 0 aliphatic carbocycles. The van der Waals surface area contributed by atoms with Gasteiger partial charge in [0.05, 0.1) is 4.70 Å². The molecule has 0 saturated heterocycles. The summed E-state index contributed by atoms with van der Waals surface area (Å²) in [4.78, 5) is 21.8. The van der Waals surface area contributed by atoms with Gasteiger partial charge in [0.15, 0.2) is 10.9 Å². The average Bonchev–Trinajstić information content (AvgIpc) is 3.25. The Hall–Kier alpha value is -3.16. The van der Waals surface area contributed by atoms with E-state index in [1.807, 2.05) is 79.7 Å². The normalized spacial score (nSPS) is 11.5. The van der Waals surface area contributed by atoms with Crippen molar-refractivity contribution < 1.29 is 13.6 Å². The van der Waals surface area contributed by atoms with Gasteiger partial charge in [-0.1, -0.05) is 72.0 Å². The van der Waals surface area contributed by atoms with Gasteiger partial charge < -0.3 is 4.90 Å². The molecule has 34 heavy (non-hydrogen) atoms. The summed E-state index contributed by atoms with van der Waals surface area (Å²) in [6.07, 6.45) is 0.968. The molecule has 0 saturated carbocycles. The van der Waals surface area contributed by atoms with Gasteiger partial charge in [0, 0.05) is 24.9 Å². The number of carbonyl (C=O) groups is 1. The Morgan fingerprint density at radius 2 is 1.56 bits per heavy atom. The maximum absolute atomic E-state index is 14.3. The molecular formula is C27H27F2N3OS. The lowest BCUT2D eigenvalue weighted by Gasteiger charge is -2.24. The van der Waals surface area contributed by atoms with Gasteiger partial charge in [-0.15, -0.1) is 0 Å². The van der Waals surface area contributed by atoms with Crippen molar-refractivity contribution in [1.82, 2.24) is 9.88 Å². The number of hydrogen-bond acceptors (Lipinski definition) is 4. The lowest BCUT2D eigenvalue weighted by Crippen LogP contribution is -2.34. The topological polar surface area (TPSA) is 36.4 Å². The Bertz CT molecular complexity index is 1210. The fourth-order valence-corrected chi connectivity index (χ4v) is 5.06. The van der Waals surface area contributed by atoms with Gasteiger partial charge in [0.2, 0.25) is 5.91 Å². The van der Waals surface area contributed by atoms with Gasteiger partial charge in [0.1, 0.15) is 11.3 Å². The fourth-order valence-electron chi connectivity index (χ4n) is 4.02. The number of halogens is 2. The highest BCUT2D eigenvalue weighted by Crippen LogP contribution is 2.34. The summed E-state index contributed by atoms with van der Waals surface area (Å²) in [5.41, 5.74) is 2.19. The largest absolute Gasteiger partial charge is 0.309 e. The number of rotatable bonds is 9. The van der Waals surface area contributed by atoms with Crippen molar-refractivity contribution in [2.24, 2.45) is 0 Å². The molecule has 0 fully saturated rings. The van der Waals surface area contributed by atoms with Crippen LogP contribution in [0, 0.1) is 11.6 Å². The molecular weight excluding hydrogens is 452 g/mol. The number of hydrogen-bond donors (Lipinski definition) is 0. The van der Waals surface area contributed by atoms with Crippen molar-refractivity contribution in [2.75, 3.05) is 32.1 Å². The standard InChI is InChI=1S/C27H27F2N3OS/c1-31(2)14-9-15-32(27-30-26-23(29)16-21(28)17-24(26)34-27)25(33)18-22(19-10-5-3-6-11-19)20-12-7-4-8-13-20/h3-8,10-13,16-17,22H,9,14-15,18H2,1-2H3. The van der Waals surface area contributed by atoms with E-state index in [1.54, 1.807) is 4.90 Å². The van der Waals surface area contributed by atoms with Crippen LogP contribution in [0.1, 0.15) is 29.9 Å². The summed E-state index contributed by atoms with van der Waals surface area (Å²) < 4.78 is 28.5. The van der Waals surface area contributed by atoms with Crippen LogP contribution in [0.2, 0.25) is 0 Å². The molecule has 3 aromatic carbocycles. The molecule has 7 heteroatoms. The molecule has 4 nitrogen and oxygen atoms in total. The van der Waals surface area contributed by atoms with E-state index in [9.17, 15) is 13.6 Å². The molecule has 4 aromatic rings. The third-order valence-corrected chi connectivity index (χ3v) is 6.73. The van der Waals surface area contributed by atoms with Crippen molar-refractivity contribution in [1.29, 1.82) is 0 Å². The quantitative estimate of drug-likeness (QED) is 0.292. The first kappa shape index (κ1) is 24.0. The third kappa shape index (κ3) is 5.66. The minimum atomic E-state index is -0.718. The van der Waals surface area contributed by atoms with Gasteiger partial charge in [-0.25, -0.2) is 13.8 Å². The molecule has 1 heterocycles. The van der Waals surface area contributed by atoms with Crippen molar-refractivity contribution in [3.05, 3.63) is 95.6 Å². The zero-order chi connectivity index (χ0) is 24.1. The maximum atomic E-state index is 14.3. The number of amides is 1. The summed E-state index contributed by atoms with van der Waals surface area (Å²) in [6, 6.07) is 22.0. The van der Waals surface area contributed by atoms with Gasteiger partial charge in [-0.3, -0.25) is 9.69 Å². The number of nitrogens with zero attached hydrogens (tertiary/aromatic N) is 3. The Morgan fingerprint density at radius 3 is 2.15 bits per heavy atom. The molecule has 0 N–H and O–H groups in total. The summed E-state index contributed by atoms with van der Waals surface area (Å²) in [6.45, 7) is 1.23. The van der Waals surface area contributed by atoms with Gasteiger partial charge in [-0.05, 0) is 44.3 Å². The molecule has 4 rings (SSSR count). The van der Waals surface area contributed by atoms with Gasteiger partial charge in [-0.2, -0.15) is 0 Å². The summed E-state index contributed by atoms with van der Waals surface area (Å²) in [5.74, 6) is -1.60. The number of anilines is 1. The summed E-state index contributed by atoms with van der Waals surface area (Å²) in [7, 11) is 3.95. The number of thiazole rings is 1. The minimum absolute atomic E-state index is 0.0921. The Kier molecular flexibility index (Phi) is 7.65. The second-order valence-electron chi connectivity index (χ2n) is 8.51. The van der Waals surface area contributed by atoms with E-state index in [-0.39, 0.29) is 23.8 Å². The van der Waals surface area contributed by atoms with Crippen molar-refractivity contribution in [3.8, 4) is 0 Å². The lowest BCUT2D eigenvalue weighted by molar-refractivity contribution is -0.118. The van der Waals surface area contributed by atoms with Gasteiger partial charge >= 0.3 is 0 Å². The highest BCUT2D eigenvalue weighted by molar-refractivity contribution is 7.22. The smallest absolute Gasteiger partial charge is 0.229 e. The van der Waals surface area contributed by atoms with E-state index in [4.69, 9.17) is 0 Å². The predicted molar refractivity (Wildman–Crippen MR) is 134 cm³/mol. The van der Waals surface area contributed by atoms with Crippen LogP contribution in [0.3, 0.4) is 0 Å². The van der Waals surface area contributed by atoms with E-state index in [0.29, 0.717) is 16.4 Å². The predicted octanol–water partition coefficient (Wildman–Crippen LogP) is 6.08. The van der Waals surface area contributed by atoms with Crippen LogP contribution < -0.4 is 4.90 Å². The number of carbonyl (C=O) groups excluding carboxylic acids is 1. The van der Waals surface area contributed by atoms with Gasteiger partial charge in [0.25, 0.3) is 0 Å². The van der Waals surface area contributed by atoms with Crippen LogP contribution in [0.4, 0.5) is 13.9 Å². The molecule has 0 aliphatic rings. The molecule has 0 aliphatic heterocycles. The minimum Gasteiger partial charge on any atom is -0.309 e. The van der Waals surface area contributed by atoms with E-state index in [2.05, 4.69) is 4.98 Å². The fraction of sp³-hybridized carbons (Fsp3) is 0.259. The van der Waals surface area contributed by atoms with Crippen LogP contribution in [0.5, 0.6) is 0 Å². The van der Waals surface area contributed by atoms with E-state index < -0.39 is 11.6 Å². The molecule has 0 bridgehead atoms. The van der Waals surface area contributed by atoms with Crippen LogP contribution in [-0.2, 0) is 4.79 Å². The number of fused-ring (bicyclic) bond motifs is 1. The first-order valence-electron chi connectivity index (χ1n) is 11.2. The van der Waals surface area contributed by atoms with E-state index in [0.717, 1.165) is 41.5 Å². The Labute approximate surface area is 202 Å². The molecule has 176 valence electrons. The molecule has 0 unspecified atom stereocenters.